The highest BCUT2D eigenvalue weighted by Gasteiger charge is 2.28. The summed E-state index contributed by atoms with van der Waals surface area (Å²) in [5.74, 6) is -0.803. The number of carboxylic acids is 1. The largest absolute Gasteiger partial charge is 0.481 e. The number of hydrogen-bond donors (Lipinski definition) is 2. The molecule has 0 aliphatic carbocycles. The summed E-state index contributed by atoms with van der Waals surface area (Å²) in [6.45, 7) is 0. The number of likely N-dealkylation sites (N-methyl/N-ethyl adjacent to an activating group) is 1. The maximum absolute atomic E-state index is 10.7. The van der Waals surface area contributed by atoms with Gasteiger partial charge in [-0.1, -0.05) is 34.1 Å². The smallest absolute Gasteiger partial charge is 0.307 e. The van der Waals surface area contributed by atoms with Crippen LogP contribution in [0.1, 0.15) is 5.56 Å². The van der Waals surface area contributed by atoms with Crippen molar-refractivity contribution in [2.45, 2.75) is 12.1 Å². The molecule has 1 aliphatic heterocycles. The van der Waals surface area contributed by atoms with E-state index >= 15 is 0 Å². The van der Waals surface area contributed by atoms with Crippen molar-refractivity contribution in [2.75, 3.05) is 14.1 Å². The van der Waals surface area contributed by atoms with Crippen LogP contribution in [0.4, 0.5) is 0 Å². The third kappa shape index (κ3) is 8.97. The van der Waals surface area contributed by atoms with E-state index < -0.39 is 11.6 Å². The second-order valence-electron chi connectivity index (χ2n) is 5.84. The molecule has 5 nitrogen and oxygen atoms in total. The van der Waals surface area contributed by atoms with E-state index in [2.05, 4.69) is 37.2 Å². The van der Waals surface area contributed by atoms with Crippen LogP contribution < -0.4 is 5.32 Å². The number of thiophene rings is 1. The third-order valence-electron chi connectivity index (χ3n) is 3.52. The van der Waals surface area contributed by atoms with Gasteiger partial charge in [-0.05, 0) is 77.5 Å². The first-order chi connectivity index (χ1) is 13.3. The van der Waals surface area contributed by atoms with Crippen molar-refractivity contribution in [3.05, 3.63) is 80.0 Å². The number of aliphatic carboxylic acids is 1. The zero-order valence-electron chi connectivity index (χ0n) is 15.5. The SMILES string of the molecule is Brc1ccsc1.CN(C)C1(C=O)C=CC=CN1.O=C(O)Cc1cccc(Br)c1. The fourth-order valence-corrected chi connectivity index (χ4v) is 3.60. The van der Waals surface area contributed by atoms with E-state index in [-0.39, 0.29) is 6.42 Å². The number of carbonyl (C=O) groups excluding carboxylic acids is 1. The Morgan fingerprint density at radius 2 is 2.00 bits per heavy atom. The second-order valence-corrected chi connectivity index (χ2v) is 8.45. The lowest BCUT2D eigenvalue weighted by Gasteiger charge is -2.33. The molecule has 8 heteroatoms. The summed E-state index contributed by atoms with van der Waals surface area (Å²) in [6.07, 6.45) is 8.25. The van der Waals surface area contributed by atoms with Gasteiger partial charge in [0.2, 0.25) is 0 Å². The number of rotatable bonds is 4. The van der Waals surface area contributed by atoms with Crippen LogP contribution in [-0.4, -0.2) is 42.0 Å². The summed E-state index contributed by atoms with van der Waals surface area (Å²) >= 11 is 8.24. The van der Waals surface area contributed by atoms with Gasteiger partial charge in [0.25, 0.3) is 0 Å². The molecule has 2 aromatic rings. The number of allylic oxidation sites excluding steroid dienone is 2. The number of aldehydes is 1. The minimum Gasteiger partial charge on any atom is -0.481 e. The van der Waals surface area contributed by atoms with Gasteiger partial charge in [0.05, 0.1) is 6.42 Å². The van der Waals surface area contributed by atoms with Crippen molar-refractivity contribution in [1.82, 2.24) is 10.2 Å². The minimum atomic E-state index is -0.803. The van der Waals surface area contributed by atoms with E-state index in [9.17, 15) is 9.59 Å². The minimum absolute atomic E-state index is 0.0828. The van der Waals surface area contributed by atoms with Crippen LogP contribution in [0.15, 0.2) is 74.5 Å². The van der Waals surface area contributed by atoms with Crippen LogP contribution in [0.25, 0.3) is 0 Å². The lowest BCUT2D eigenvalue weighted by Crippen LogP contribution is -2.54. The van der Waals surface area contributed by atoms with Crippen molar-refractivity contribution >= 4 is 55.5 Å². The first-order valence-corrected chi connectivity index (χ1v) is 10.7. The van der Waals surface area contributed by atoms with Gasteiger partial charge in [0, 0.05) is 14.3 Å². The number of dihydropyridines is 1. The molecule has 1 aromatic carbocycles. The Labute approximate surface area is 186 Å². The molecule has 150 valence electrons. The van der Waals surface area contributed by atoms with Gasteiger partial charge < -0.3 is 10.4 Å². The summed E-state index contributed by atoms with van der Waals surface area (Å²) in [5, 5.41) is 15.5. The molecular formula is C20H22Br2N2O3S. The predicted octanol–water partition coefficient (Wildman–Crippen LogP) is 4.70. The van der Waals surface area contributed by atoms with Crippen LogP contribution in [0.5, 0.6) is 0 Å². The van der Waals surface area contributed by atoms with Crippen LogP contribution in [0, 0.1) is 0 Å². The average Bonchev–Trinajstić information content (AvgIpc) is 3.14. The molecule has 28 heavy (non-hydrogen) atoms. The number of benzene rings is 1. The highest BCUT2D eigenvalue weighted by Crippen LogP contribution is 2.12. The first kappa shape index (κ1) is 24.3. The van der Waals surface area contributed by atoms with Gasteiger partial charge in [0.1, 0.15) is 0 Å². The van der Waals surface area contributed by atoms with Gasteiger partial charge in [-0.15, -0.1) is 0 Å². The van der Waals surface area contributed by atoms with Crippen LogP contribution in [-0.2, 0) is 16.0 Å². The number of halogens is 2. The molecule has 0 bridgehead atoms. The summed E-state index contributed by atoms with van der Waals surface area (Å²) in [6, 6.07) is 9.30. The maximum Gasteiger partial charge on any atom is 0.307 e. The molecule has 2 N–H and O–H groups in total. The summed E-state index contributed by atoms with van der Waals surface area (Å²) < 4.78 is 2.09. The number of nitrogens with one attached hydrogen (secondary N) is 1. The third-order valence-corrected chi connectivity index (χ3v) is 5.50. The zero-order valence-corrected chi connectivity index (χ0v) is 19.5. The Bertz CT molecular complexity index is 808. The summed E-state index contributed by atoms with van der Waals surface area (Å²) in [7, 11) is 3.70. The normalized spacial score (nSPS) is 16.9. The fraction of sp³-hybridized carbons (Fsp3) is 0.200. The first-order valence-electron chi connectivity index (χ1n) is 8.19. The van der Waals surface area contributed by atoms with Crippen molar-refractivity contribution in [1.29, 1.82) is 0 Å². The molecular weight excluding hydrogens is 508 g/mol. The molecule has 1 aliphatic rings. The monoisotopic (exact) mass is 528 g/mol. The highest BCUT2D eigenvalue weighted by molar-refractivity contribution is 9.10. The lowest BCUT2D eigenvalue weighted by atomic mass is 10.1. The topological polar surface area (TPSA) is 69.6 Å². The number of carbonyl (C=O) groups is 2. The van der Waals surface area contributed by atoms with E-state index in [1.54, 1.807) is 29.7 Å². The van der Waals surface area contributed by atoms with Crippen molar-refractivity contribution in [3.63, 3.8) is 0 Å². The molecule has 1 atom stereocenters. The van der Waals surface area contributed by atoms with Gasteiger partial charge in [0.15, 0.2) is 11.9 Å². The molecule has 2 heterocycles. The standard InChI is InChI=1S/C8H7BrO2.C8H12N2O.C4H3BrS/c9-7-3-1-2-6(4-7)5-8(10)11;1-10(2)8(7-11)5-3-4-6-9-8;5-4-1-2-6-3-4/h1-4H,5H2,(H,10,11);3-7,9H,1-2H3;1-3H. The number of carboxylic acid groups (broad SMARTS) is 1. The number of nitrogens with zero attached hydrogens (tertiary/aromatic N) is 1. The van der Waals surface area contributed by atoms with E-state index in [0.29, 0.717) is 0 Å². The Hall–Kier alpha value is -1.74. The van der Waals surface area contributed by atoms with E-state index in [4.69, 9.17) is 5.11 Å². The second kappa shape index (κ2) is 12.7. The molecule has 0 saturated heterocycles. The molecule has 0 fully saturated rings. The van der Waals surface area contributed by atoms with Crippen molar-refractivity contribution in [3.8, 4) is 0 Å². The molecule has 1 unspecified atom stereocenters. The Kier molecular flexibility index (Phi) is 11.0. The van der Waals surface area contributed by atoms with Gasteiger partial charge in [-0.25, -0.2) is 0 Å². The van der Waals surface area contributed by atoms with Crippen molar-refractivity contribution in [2.24, 2.45) is 0 Å². The van der Waals surface area contributed by atoms with Crippen LogP contribution in [0.2, 0.25) is 0 Å². The Balaban J connectivity index is 0.000000219. The molecule has 1 aromatic heterocycles. The Morgan fingerprint density at radius 3 is 2.36 bits per heavy atom. The molecule has 0 saturated carbocycles. The highest BCUT2D eigenvalue weighted by atomic mass is 79.9. The molecule has 0 radical (unpaired) electrons. The van der Waals surface area contributed by atoms with Crippen molar-refractivity contribution < 1.29 is 14.7 Å². The molecule has 0 spiro atoms. The van der Waals surface area contributed by atoms with Crippen LogP contribution >= 0.6 is 43.2 Å². The van der Waals surface area contributed by atoms with E-state index in [1.807, 2.05) is 66.2 Å². The lowest BCUT2D eigenvalue weighted by molar-refractivity contribution is -0.136. The molecule has 3 rings (SSSR count). The summed E-state index contributed by atoms with van der Waals surface area (Å²) in [5.41, 5.74) is 0.168. The van der Waals surface area contributed by atoms with Gasteiger partial charge >= 0.3 is 5.97 Å². The molecule has 0 amide bonds. The average molecular weight is 530 g/mol. The Morgan fingerprint density at radius 1 is 1.25 bits per heavy atom. The fourth-order valence-electron chi connectivity index (χ4n) is 2.01. The van der Waals surface area contributed by atoms with Gasteiger partial charge in [-0.2, -0.15) is 11.3 Å². The number of hydrogen-bond acceptors (Lipinski definition) is 5. The maximum atomic E-state index is 10.7. The van der Waals surface area contributed by atoms with E-state index in [0.717, 1.165) is 16.3 Å². The quantitative estimate of drug-likeness (QED) is 0.561. The van der Waals surface area contributed by atoms with E-state index in [1.165, 1.54) is 4.47 Å². The zero-order chi connectivity index (χ0) is 21.0. The summed E-state index contributed by atoms with van der Waals surface area (Å²) in [4.78, 5) is 22.8. The van der Waals surface area contributed by atoms with Gasteiger partial charge in [-0.3, -0.25) is 14.5 Å². The van der Waals surface area contributed by atoms with Crippen LogP contribution in [0.3, 0.4) is 0 Å². The predicted molar refractivity (Wildman–Crippen MR) is 121 cm³/mol.